The molecule has 128 valence electrons. The summed E-state index contributed by atoms with van der Waals surface area (Å²) in [5, 5.41) is 6.30. The molecule has 0 aromatic heterocycles. The molecule has 3 rings (SSSR count). The van der Waals surface area contributed by atoms with Crippen LogP contribution in [0.2, 0.25) is 5.02 Å². The molecule has 5 nitrogen and oxygen atoms in total. The van der Waals surface area contributed by atoms with E-state index in [1.54, 1.807) is 24.3 Å². The zero-order valence-electron chi connectivity index (χ0n) is 13.9. The third kappa shape index (κ3) is 3.46. The minimum atomic E-state index is -0.0976. The first-order valence-electron chi connectivity index (χ1n) is 8.57. The summed E-state index contributed by atoms with van der Waals surface area (Å²) in [5.41, 5.74) is 1.12. The number of carbonyl (C=O) groups excluding carboxylic acids is 2. The lowest BCUT2D eigenvalue weighted by molar-refractivity contribution is -0.127. The Hall–Kier alpha value is -1.88. The Labute approximate surface area is 147 Å². The Morgan fingerprint density at radius 2 is 2.00 bits per heavy atom. The molecule has 0 spiro atoms. The van der Waals surface area contributed by atoms with Crippen LogP contribution in [0.4, 0.5) is 5.69 Å². The maximum absolute atomic E-state index is 12.9. The molecule has 0 aliphatic carbocycles. The molecule has 0 saturated carbocycles. The molecule has 6 heteroatoms. The Bertz CT molecular complexity index is 657. The van der Waals surface area contributed by atoms with Gasteiger partial charge in [-0.2, -0.15) is 5.10 Å². The predicted octanol–water partition coefficient (Wildman–Crippen LogP) is 3.61. The van der Waals surface area contributed by atoms with Crippen molar-refractivity contribution in [2.24, 2.45) is 5.10 Å². The first-order valence-corrected chi connectivity index (χ1v) is 8.95. The zero-order valence-corrected chi connectivity index (χ0v) is 14.6. The van der Waals surface area contributed by atoms with Crippen LogP contribution in [0.25, 0.3) is 0 Å². The van der Waals surface area contributed by atoms with Crippen molar-refractivity contribution in [2.75, 3.05) is 11.6 Å². The summed E-state index contributed by atoms with van der Waals surface area (Å²) >= 11 is 5.90. The number of amides is 2. The molecule has 2 amide bonds. The van der Waals surface area contributed by atoms with Crippen molar-refractivity contribution in [3.63, 3.8) is 0 Å². The highest BCUT2D eigenvalue weighted by atomic mass is 35.5. The lowest BCUT2D eigenvalue weighted by Gasteiger charge is -2.36. The molecular formula is C18H22ClN3O2. The van der Waals surface area contributed by atoms with Crippen molar-refractivity contribution in [1.29, 1.82) is 0 Å². The third-order valence-electron chi connectivity index (χ3n) is 4.71. The zero-order chi connectivity index (χ0) is 17.1. The summed E-state index contributed by atoms with van der Waals surface area (Å²) in [4.78, 5) is 27.0. The number of halogens is 1. The maximum Gasteiger partial charge on any atom is 0.270 e. The van der Waals surface area contributed by atoms with E-state index in [9.17, 15) is 9.59 Å². The molecule has 2 heterocycles. The van der Waals surface area contributed by atoms with E-state index in [1.165, 1.54) is 11.4 Å². The lowest BCUT2D eigenvalue weighted by atomic mass is 9.98. The molecule has 0 N–H and O–H groups in total. The van der Waals surface area contributed by atoms with Gasteiger partial charge in [0.1, 0.15) is 5.71 Å². The van der Waals surface area contributed by atoms with E-state index in [2.05, 4.69) is 12.0 Å². The van der Waals surface area contributed by atoms with Gasteiger partial charge >= 0.3 is 0 Å². The van der Waals surface area contributed by atoms with E-state index in [1.807, 2.05) is 4.90 Å². The van der Waals surface area contributed by atoms with E-state index in [-0.39, 0.29) is 17.9 Å². The number of piperidine rings is 1. The summed E-state index contributed by atoms with van der Waals surface area (Å²) in [5.74, 6) is -0.118. The van der Waals surface area contributed by atoms with Crippen LogP contribution in [0.1, 0.15) is 45.4 Å². The molecule has 1 aromatic carbocycles. The normalized spacial score (nSPS) is 21.7. The molecule has 1 fully saturated rings. The first kappa shape index (κ1) is 17.0. The highest BCUT2D eigenvalue weighted by Gasteiger charge is 2.32. The molecule has 1 saturated heterocycles. The molecular weight excluding hydrogens is 326 g/mol. The number of hydrogen-bond donors (Lipinski definition) is 0. The van der Waals surface area contributed by atoms with Gasteiger partial charge < -0.3 is 4.90 Å². The van der Waals surface area contributed by atoms with E-state index in [0.717, 1.165) is 25.8 Å². The van der Waals surface area contributed by atoms with E-state index in [4.69, 9.17) is 11.6 Å². The molecule has 0 radical (unpaired) electrons. The van der Waals surface area contributed by atoms with Gasteiger partial charge in [-0.05, 0) is 49.9 Å². The monoisotopic (exact) mass is 347 g/mol. The van der Waals surface area contributed by atoms with Crippen LogP contribution >= 0.6 is 11.6 Å². The Morgan fingerprint density at radius 3 is 2.71 bits per heavy atom. The van der Waals surface area contributed by atoms with Gasteiger partial charge in [0.25, 0.3) is 5.91 Å². The summed E-state index contributed by atoms with van der Waals surface area (Å²) in [7, 11) is 0. The van der Waals surface area contributed by atoms with Gasteiger partial charge in [-0.1, -0.05) is 18.5 Å². The topological polar surface area (TPSA) is 53.0 Å². The number of carbonyl (C=O) groups is 2. The fourth-order valence-corrected chi connectivity index (χ4v) is 3.48. The highest BCUT2D eigenvalue weighted by molar-refractivity contribution is 6.40. The number of rotatable bonds is 3. The van der Waals surface area contributed by atoms with E-state index in [0.29, 0.717) is 29.3 Å². The average molecular weight is 348 g/mol. The number of likely N-dealkylation sites (tertiary alicyclic amines) is 1. The molecule has 2 aliphatic rings. The van der Waals surface area contributed by atoms with Crippen molar-refractivity contribution in [3.8, 4) is 0 Å². The second kappa shape index (κ2) is 7.34. The largest absolute Gasteiger partial charge is 0.335 e. The van der Waals surface area contributed by atoms with Crippen LogP contribution in [-0.4, -0.2) is 35.0 Å². The first-order chi connectivity index (χ1) is 11.6. The van der Waals surface area contributed by atoms with Crippen LogP contribution < -0.4 is 5.01 Å². The fraction of sp³-hybridized carbons (Fsp3) is 0.500. The Balaban J connectivity index is 1.84. The van der Waals surface area contributed by atoms with Crippen molar-refractivity contribution >= 4 is 34.8 Å². The fourth-order valence-electron chi connectivity index (χ4n) is 3.35. The Kier molecular flexibility index (Phi) is 5.19. The van der Waals surface area contributed by atoms with Crippen LogP contribution in [0, 0.1) is 0 Å². The van der Waals surface area contributed by atoms with Gasteiger partial charge in [0.2, 0.25) is 5.91 Å². The SMILES string of the molecule is CC[C@@H]1CCCCN1C(=O)C1=NN(c2ccc(Cl)cc2)C(=O)CC1. The second-order valence-electron chi connectivity index (χ2n) is 6.29. The van der Waals surface area contributed by atoms with Crippen molar-refractivity contribution in [1.82, 2.24) is 4.90 Å². The number of anilines is 1. The van der Waals surface area contributed by atoms with Gasteiger partial charge in [0.05, 0.1) is 5.69 Å². The van der Waals surface area contributed by atoms with Gasteiger partial charge in [-0.25, -0.2) is 5.01 Å². The van der Waals surface area contributed by atoms with Crippen LogP contribution in [0.3, 0.4) is 0 Å². The van der Waals surface area contributed by atoms with E-state index < -0.39 is 0 Å². The molecule has 24 heavy (non-hydrogen) atoms. The average Bonchev–Trinajstić information content (AvgIpc) is 2.62. The summed E-state index contributed by atoms with van der Waals surface area (Å²) in [6.45, 7) is 2.90. The van der Waals surface area contributed by atoms with Crippen LogP contribution in [-0.2, 0) is 9.59 Å². The number of nitrogens with zero attached hydrogens (tertiary/aromatic N) is 3. The van der Waals surface area contributed by atoms with Gasteiger partial charge in [-0.15, -0.1) is 0 Å². The smallest absolute Gasteiger partial charge is 0.270 e. The van der Waals surface area contributed by atoms with Crippen LogP contribution in [0.5, 0.6) is 0 Å². The number of hydrazone groups is 1. The highest BCUT2D eigenvalue weighted by Crippen LogP contribution is 2.25. The van der Waals surface area contributed by atoms with Crippen molar-refractivity contribution < 1.29 is 9.59 Å². The molecule has 1 aromatic rings. The van der Waals surface area contributed by atoms with Crippen LogP contribution in [0.15, 0.2) is 29.4 Å². The van der Waals surface area contributed by atoms with Gasteiger partial charge in [0, 0.05) is 30.5 Å². The number of benzene rings is 1. The van der Waals surface area contributed by atoms with Crippen molar-refractivity contribution in [3.05, 3.63) is 29.3 Å². The van der Waals surface area contributed by atoms with Gasteiger partial charge in [-0.3, -0.25) is 9.59 Å². The molecule has 2 aliphatic heterocycles. The quantitative estimate of drug-likeness (QED) is 0.838. The van der Waals surface area contributed by atoms with E-state index >= 15 is 0 Å². The molecule has 0 unspecified atom stereocenters. The minimum absolute atomic E-state index is 0.0204. The summed E-state index contributed by atoms with van der Waals surface area (Å²) in [6.07, 6.45) is 4.93. The standard InChI is InChI=1S/C18H22ClN3O2/c1-2-14-5-3-4-12-21(14)18(24)16-10-11-17(23)22(20-16)15-8-6-13(19)7-9-15/h6-9,14H,2-5,10-12H2,1H3/t14-/m1/s1. The predicted molar refractivity (Wildman–Crippen MR) is 95.3 cm³/mol. The van der Waals surface area contributed by atoms with Crippen molar-refractivity contribution in [2.45, 2.75) is 51.5 Å². The summed E-state index contributed by atoms with van der Waals surface area (Å²) < 4.78 is 0. The maximum atomic E-state index is 12.9. The van der Waals surface area contributed by atoms with Gasteiger partial charge in [0.15, 0.2) is 0 Å². The number of hydrogen-bond acceptors (Lipinski definition) is 3. The minimum Gasteiger partial charge on any atom is -0.335 e. The summed E-state index contributed by atoms with van der Waals surface area (Å²) in [6, 6.07) is 7.21. The molecule has 1 atom stereocenters. The third-order valence-corrected chi connectivity index (χ3v) is 4.96. The second-order valence-corrected chi connectivity index (χ2v) is 6.72. The molecule has 0 bridgehead atoms. The Morgan fingerprint density at radius 1 is 1.25 bits per heavy atom. The lowest BCUT2D eigenvalue weighted by Crippen LogP contribution is -2.48.